The summed E-state index contributed by atoms with van der Waals surface area (Å²) >= 11 is 0. The second-order valence-corrected chi connectivity index (χ2v) is 6.26. The van der Waals surface area contributed by atoms with Gasteiger partial charge in [0.2, 0.25) is 5.91 Å². The van der Waals surface area contributed by atoms with E-state index in [4.69, 9.17) is 9.57 Å². The number of rotatable bonds is 5. The summed E-state index contributed by atoms with van der Waals surface area (Å²) in [5.74, 6) is -1.18. The van der Waals surface area contributed by atoms with Crippen LogP contribution in [0.1, 0.15) is 13.8 Å². The van der Waals surface area contributed by atoms with Crippen LogP contribution in [0.15, 0.2) is 35.5 Å². The van der Waals surface area contributed by atoms with Gasteiger partial charge in [-0.25, -0.2) is 4.79 Å². The summed E-state index contributed by atoms with van der Waals surface area (Å²) in [5.41, 5.74) is 0.473. The summed E-state index contributed by atoms with van der Waals surface area (Å²) in [6.45, 7) is 2.66. The molecule has 27 heavy (non-hydrogen) atoms. The Morgan fingerprint density at radius 3 is 2.48 bits per heavy atom. The molecule has 1 aliphatic heterocycles. The van der Waals surface area contributed by atoms with E-state index >= 15 is 0 Å². The largest absolute Gasteiger partial charge is 0.468 e. The number of carbonyl (C=O) groups is 2. The van der Waals surface area contributed by atoms with Crippen LogP contribution in [0.3, 0.4) is 0 Å². The topological polar surface area (TPSA) is 150 Å². The number of anilines is 1. The van der Waals surface area contributed by atoms with Gasteiger partial charge in [0.05, 0.1) is 6.61 Å². The van der Waals surface area contributed by atoms with Crippen molar-refractivity contribution in [2.45, 2.75) is 38.2 Å². The lowest BCUT2D eigenvalue weighted by atomic mass is 9.97. The van der Waals surface area contributed by atoms with E-state index in [0.717, 1.165) is 0 Å². The van der Waals surface area contributed by atoms with Crippen molar-refractivity contribution in [1.82, 2.24) is 5.32 Å². The van der Waals surface area contributed by atoms with Crippen molar-refractivity contribution in [1.29, 1.82) is 0 Å². The van der Waals surface area contributed by atoms with Crippen molar-refractivity contribution in [2.75, 3.05) is 11.9 Å². The Morgan fingerprint density at radius 1 is 1.22 bits per heavy atom. The van der Waals surface area contributed by atoms with Gasteiger partial charge in [0.1, 0.15) is 18.2 Å². The molecule has 1 aromatic carbocycles. The van der Waals surface area contributed by atoms with Gasteiger partial charge in [-0.2, -0.15) is 0 Å². The van der Waals surface area contributed by atoms with E-state index in [1.165, 1.54) is 0 Å². The first-order chi connectivity index (χ1) is 12.8. The highest BCUT2D eigenvalue weighted by Gasteiger charge is 2.44. The summed E-state index contributed by atoms with van der Waals surface area (Å²) in [6, 6.07) is 7.23. The first kappa shape index (κ1) is 20.6. The van der Waals surface area contributed by atoms with E-state index in [2.05, 4.69) is 15.8 Å². The fourth-order valence-corrected chi connectivity index (χ4v) is 2.30. The zero-order valence-corrected chi connectivity index (χ0v) is 14.9. The molecule has 1 heterocycles. The zero-order chi connectivity index (χ0) is 20.0. The minimum absolute atomic E-state index is 0.343. The first-order valence-corrected chi connectivity index (χ1v) is 8.38. The number of carbonyl (C=O) groups excluding carboxylic acids is 2. The van der Waals surface area contributed by atoms with Crippen LogP contribution in [-0.4, -0.2) is 64.2 Å². The number of amides is 2. The fourth-order valence-electron chi connectivity index (χ4n) is 2.30. The van der Waals surface area contributed by atoms with Gasteiger partial charge in [-0.1, -0.05) is 32.0 Å². The zero-order valence-electron chi connectivity index (χ0n) is 14.9. The molecule has 0 aliphatic carbocycles. The molecule has 0 aromatic heterocycles. The lowest BCUT2D eigenvalue weighted by Gasteiger charge is -2.37. The SMILES string of the molecule is CC(C)C(=O)N[C@H]1C(=NOC(=O)Nc2ccccc2)O[C@H](CO)[C@@H](O)[C@@H]1O. The highest BCUT2D eigenvalue weighted by molar-refractivity contribution is 5.90. The maximum Gasteiger partial charge on any atom is 0.437 e. The summed E-state index contributed by atoms with van der Waals surface area (Å²) in [4.78, 5) is 28.5. The Bertz CT molecular complexity index is 680. The van der Waals surface area contributed by atoms with E-state index in [1.807, 2.05) is 0 Å². The fraction of sp³-hybridized carbons (Fsp3) is 0.471. The highest BCUT2D eigenvalue weighted by Crippen LogP contribution is 2.19. The maximum atomic E-state index is 12.0. The lowest BCUT2D eigenvalue weighted by molar-refractivity contribution is -0.130. The third-order valence-corrected chi connectivity index (χ3v) is 3.85. The highest BCUT2D eigenvalue weighted by atomic mass is 16.7. The molecular weight excluding hydrogens is 358 g/mol. The van der Waals surface area contributed by atoms with Crippen LogP contribution in [0.5, 0.6) is 0 Å². The number of hydrogen-bond acceptors (Lipinski definition) is 8. The standard InChI is InChI=1S/C17H23N3O7/c1-9(2)15(24)19-12-14(23)13(22)11(8-21)26-16(12)20-27-17(25)18-10-6-4-3-5-7-10/h3-7,9,11-14,21-23H,8H2,1-2H3,(H,18,25)(H,19,24)/t11-,12-,13-,14-/m1/s1. The van der Waals surface area contributed by atoms with Gasteiger partial charge in [-0.05, 0) is 17.3 Å². The van der Waals surface area contributed by atoms with Crippen molar-refractivity contribution < 1.29 is 34.5 Å². The maximum absolute atomic E-state index is 12.0. The summed E-state index contributed by atoms with van der Waals surface area (Å²) in [5, 5.41) is 37.9. The molecule has 0 saturated carbocycles. The van der Waals surface area contributed by atoms with Gasteiger partial charge in [0, 0.05) is 11.6 Å². The van der Waals surface area contributed by atoms with Crippen LogP contribution in [0.4, 0.5) is 10.5 Å². The first-order valence-electron chi connectivity index (χ1n) is 8.38. The van der Waals surface area contributed by atoms with Crippen molar-refractivity contribution in [2.24, 2.45) is 11.1 Å². The minimum Gasteiger partial charge on any atom is -0.468 e. The molecule has 2 amide bonds. The Labute approximate surface area is 155 Å². The van der Waals surface area contributed by atoms with E-state index in [1.54, 1.807) is 44.2 Å². The predicted molar refractivity (Wildman–Crippen MR) is 94.7 cm³/mol. The average Bonchev–Trinajstić information content (AvgIpc) is 2.65. The number of ether oxygens (including phenoxy) is 1. The molecule has 0 bridgehead atoms. The Hall–Kier alpha value is -2.69. The summed E-state index contributed by atoms with van der Waals surface area (Å²) in [6.07, 6.45) is -5.10. The van der Waals surface area contributed by atoms with E-state index in [9.17, 15) is 24.9 Å². The van der Waals surface area contributed by atoms with E-state index in [-0.39, 0.29) is 5.90 Å². The van der Waals surface area contributed by atoms with Crippen LogP contribution in [-0.2, 0) is 14.4 Å². The van der Waals surface area contributed by atoms with Crippen molar-refractivity contribution in [3.05, 3.63) is 30.3 Å². The number of nitrogens with one attached hydrogen (secondary N) is 2. The third-order valence-electron chi connectivity index (χ3n) is 3.85. The predicted octanol–water partition coefficient (Wildman–Crippen LogP) is -0.198. The van der Waals surface area contributed by atoms with Gasteiger partial charge in [-0.3, -0.25) is 14.9 Å². The quantitative estimate of drug-likeness (QED) is 0.350. The van der Waals surface area contributed by atoms with Gasteiger partial charge >= 0.3 is 6.09 Å². The third kappa shape index (κ3) is 5.39. The number of hydrogen-bond donors (Lipinski definition) is 5. The molecule has 0 spiro atoms. The van der Waals surface area contributed by atoms with Crippen molar-refractivity contribution in [3.8, 4) is 0 Å². The molecule has 0 unspecified atom stereocenters. The molecule has 0 radical (unpaired) electrons. The molecule has 1 fully saturated rings. The van der Waals surface area contributed by atoms with E-state index < -0.39 is 48.9 Å². The van der Waals surface area contributed by atoms with Crippen molar-refractivity contribution in [3.63, 3.8) is 0 Å². The van der Waals surface area contributed by atoms with Crippen LogP contribution in [0.2, 0.25) is 0 Å². The number of oxime groups is 1. The summed E-state index contributed by atoms with van der Waals surface area (Å²) in [7, 11) is 0. The average molecular weight is 381 g/mol. The number of nitrogens with zero attached hydrogens (tertiary/aromatic N) is 1. The molecule has 10 nitrogen and oxygen atoms in total. The number of aliphatic hydroxyl groups is 3. The normalized spacial score (nSPS) is 26.4. The molecule has 1 aromatic rings. The second kappa shape index (κ2) is 9.31. The lowest BCUT2D eigenvalue weighted by Crippen LogP contribution is -2.63. The number of aliphatic hydroxyl groups excluding tert-OH is 3. The number of para-hydroxylation sites is 1. The molecule has 10 heteroatoms. The van der Waals surface area contributed by atoms with Gasteiger partial charge < -0.3 is 25.4 Å². The molecule has 148 valence electrons. The Balaban J connectivity index is 2.13. The van der Waals surface area contributed by atoms with Crippen LogP contribution >= 0.6 is 0 Å². The van der Waals surface area contributed by atoms with Crippen LogP contribution < -0.4 is 10.6 Å². The molecule has 5 N–H and O–H groups in total. The molecule has 1 aliphatic rings. The van der Waals surface area contributed by atoms with Gasteiger partial charge in [0.25, 0.3) is 5.90 Å². The minimum atomic E-state index is -1.52. The van der Waals surface area contributed by atoms with E-state index in [0.29, 0.717) is 5.69 Å². The molecule has 1 saturated heterocycles. The Morgan fingerprint density at radius 2 is 1.89 bits per heavy atom. The molecular formula is C17H23N3O7. The van der Waals surface area contributed by atoms with Crippen LogP contribution in [0.25, 0.3) is 0 Å². The van der Waals surface area contributed by atoms with Crippen LogP contribution in [0, 0.1) is 5.92 Å². The number of benzene rings is 1. The monoisotopic (exact) mass is 381 g/mol. The molecule has 4 atom stereocenters. The van der Waals surface area contributed by atoms with Gasteiger partial charge in [-0.15, -0.1) is 0 Å². The molecule has 2 rings (SSSR count). The Kier molecular flexibility index (Phi) is 7.11. The second-order valence-electron chi connectivity index (χ2n) is 6.26. The van der Waals surface area contributed by atoms with Gasteiger partial charge in [0.15, 0.2) is 6.10 Å². The van der Waals surface area contributed by atoms with Crippen molar-refractivity contribution >= 4 is 23.6 Å². The smallest absolute Gasteiger partial charge is 0.437 e. The summed E-state index contributed by atoms with van der Waals surface area (Å²) < 4.78 is 5.28.